The van der Waals surface area contributed by atoms with Gasteiger partial charge in [0, 0.05) is 23.3 Å². The number of nitro groups is 1. The number of non-ortho nitro benzene ring substituents is 1. The van der Waals surface area contributed by atoms with Gasteiger partial charge in [-0.05, 0) is 44.2 Å². The summed E-state index contributed by atoms with van der Waals surface area (Å²) in [6.07, 6.45) is 0. The maximum Gasteiger partial charge on any atom is 0.274 e. The number of nitro benzene ring substituents is 1. The van der Waals surface area contributed by atoms with Crippen molar-refractivity contribution in [2.45, 2.75) is 26.4 Å². The number of nitrogens with zero attached hydrogens (tertiary/aromatic N) is 3. The van der Waals surface area contributed by atoms with E-state index < -0.39 is 10.7 Å². The summed E-state index contributed by atoms with van der Waals surface area (Å²) < 4.78 is 24.7. The highest BCUT2D eigenvalue weighted by atomic mass is 19.1. The zero-order valence-electron chi connectivity index (χ0n) is 16.4. The van der Waals surface area contributed by atoms with Crippen LogP contribution in [0.5, 0.6) is 5.75 Å². The summed E-state index contributed by atoms with van der Waals surface area (Å²) in [6.45, 7) is 5.34. The predicted molar refractivity (Wildman–Crippen MR) is 103 cm³/mol. The van der Waals surface area contributed by atoms with Crippen LogP contribution in [0.25, 0.3) is 11.5 Å². The number of rotatable bonds is 8. The number of ether oxygens (including phenoxy) is 1. The predicted octanol–water partition coefficient (Wildman–Crippen LogP) is 2.96. The number of aromatic nitrogens is 2. The number of hydrogen-bond acceptors (Lipinski definition) is 6. The van der Waals surface area contributed by atoms with Crippen LogP contribution in [0.1, 0.15) is 31.3 Å². The van der Waals surface area contributed by atoms with Crippen LogP contribution in [-0.4, -0.2) is 28.8 Å². The Morgan fingerprint density at radius 1 is 1.24 bits per heavy atom. The van der Waals surface area contributed by atoms with Gasteiger partial charge in [-0.1, -0.05) is 0 Å². The van der Waals surface area contributed by atoms with Crippen molar-refractivity contribution < 1.29 is 23.4 Å². The van der Waals surface area contributed by atoms with Crippen LogP contribution in [-0.2, 0) is 6.54 Å². The van der Waals surface area contributed by atoms with Crippen LogP contribution in [0.2, 0.25) is 0 Å². The van der Waals surface area contributed by atoms with E-state index in [2.05, 4.69) is 10.2 Å². The highest BCUT2D eigenvalue weighted by Crippen LogP contribution is 2.23. The van der Waals surface area contributed by atoms with Gasteiger partial charge in [0.25, 0.3) is 11.6 Å². The van der Waals surface area contributed by atoms with E-state index in [1.807, 2.05) is 19.9 Å². The maximum absolute atomic E-state index is 14.0. The Morgan fingerprint density at radius 2 is 1.97 bits per heavy atom. The second-order valence-electron chi connectivity index (χ2n) is 6.63. The van der Waals surface area contributed by atoms with Crippen molar-refractivity contribution in [1.82, 2.24) is 10.2 Å². The van der Waals surface area contributed by atoms with Crippen molar-refractivity contribution in [2.24, 2.45) is 0 Å². The van der Waals surface area contributed by atoms with Gasteiger partial charge in [-0.15, -0.1) is 10.2 Å². The molecule has 2 atom stereocenters. The van der Waals surface area contributed by atoms with Gasteiger partial charge in [0.15, 0.2) is 17.6 Å². The lowest BCUT2D eigenvalue weighted by Crippen LogP contribution is -3.10. The molecule has 1 aromatic heterocycles. The van der Waals surface area contributed by atoms with Gasteiger partial charge in [0.1, 0.15) is 6.54 Å². The van der Waals surface area contributed by atoms with Gasteiger partial charge < -0.3 is 14.1 Å². The first-order valence-electron chi connectivity index (χ1n) is 9.18. The first kappa shape index (κ1) is 20.4. The summed E-state index contributed by atoms with van der Waals surface area (Å²) in [4.78, 5) is 11.4. The zero-order chi connectivity index (χ0) is 21.0. The average molecular weight is 401 g/mol. The molecule has 1 N–H and O–H groups in total. The lowest BCUT2D eigenvalue weighted by molar-refractivity contribution is -0.942. The number of benzene rings is 2. The fraction of sp³-hybridized carbons (Fsp3) is 0.300. The summed E-state index contributed by atoms with van der Waals surface area (Å²) in [5, 5.41) is 19.0. The molecule has 0 bridgehead atoms. The van der Waals surface area contributed by atoms with Crippen molar-refractivity contribution >= 4 is 5.69 Å². The number of methoxy groups -OCH3 is 1. The van der Waals surface area contributed by atoms with Gasteiger partial charge in [0.2, 0.25) is 5.89 Å². The van der Waals surface area contributed by atoms with Crippen molar-refractivity contribution in [2.75, 3.05) is 13.7 Å². The molecule has 29 heavy (non-hydrogen) atoms. The fourth-order valence-electron chi connectivity index (χ4n) is 3.09. The van der Waals surface area contributed by atoms with Gasteiger partial charge >= 0.3 is 0 Å². The van der Waals surface area contributed by atoms with Gasteiger partial charge in [-0.3, -0.25) is 10.1 Å². The lowest BCUT2D eigenvalue weighted by Gasteiger charge is -2.22. The van der Waals surface area contributed by atoms with Crippen molar-refractivity contribution in [3.63, 3.8) is 0 Å². The van der Waals surface area contributed by atoms with E-state index in [1.165, 1.54) is 25.3 Å². The molecule has 1 unspecified atom stereocenters. The first-order chi connectivity index (χ1) is 13.9. The Hall–Kier alpha value is -3.33. The molecule has 3 rings (SSSR count). The van der Waals surface area contributed by atoms with Crippen LogP contribution in [0.15, 0.2) is 46.9 Å². The minimum Gasteiger partial charge on any atom is -0.494 e. The monoisotopic (exact) mass is 401 g/mol. The van der Waals surface area contributed by atoms with E-state index in [1.54, 1.807) is 18.2 Å². The van der Waals surface area contributed by atoms with E-state index >= 15 is 0 Å². The van der Waals surface area contributed by atoms with Gasteiger partial charge in [0.05, 0.1) is 18.6 Å². The molecule has 9 heteroatoms. The van der Waals surface area contributed by atoms with Gasteiger partial charge in [-0.2, -0.15) is 0 Å². The summed E-state index contributed by atoms with van der Waals surface area (Å²) in [7, 11) is 1.43. The summed E-state index contributed by atoms with van der Waals surface area (Å²) in [5.74, 6) is 0.563. The molecule has 0 spiro atoms. The molecule has 0 aliphatic rings. The van der Waals surface area contributed by atoms with Crippen LogP contribution >= 0.6 is 0 Å². The third kappa shape index (κ3) is 4.57. The summed E-state index contributed by atoms with van der Waals surface area (Å²) >= 11 is 0. The molecule has 3 aromatic rings. The minimum atomic E-state index is -0.463. The van der Waals surface area contributed by atoms with Crippen LogP contribution in [0.3, 0.4) is 0 Å². The van der Waals surface area contributed by atoms with E-state index in [0.717, 1.165) is 17.0 Å². The molecule has 1 heterocycles. The number of hydrogen-bond donors (Lipinski definition) is 1. The molecule has 0 aliphatic heterocycles. The normalized spacial score (nSPS) is 13.1. The van der Waals surface area contributed by atoms with Gasteiger partial charge in [-0.25, -0.2) is 4.39 Å². The third-order valence-electron chi connectivity index (χ3n) is 4.85. The summed E-state index contributed by atoms with van der Waals surface area (Å²) in [6, 6.07) is 10.7. The van der Waals surface area contributed by atoms with E-state index in [0.29, 0.717) is 23.9 Å². The highest BCUT2D eigenvalue weighted by molar-refractivity contribution is 5.55. The highest BCUT2D eigenvalue weighted by Gasteiger charge is 2.25. The molecule has 0 radical (unpaired) electrons. The molecular weight excluding hydrogens is 379 g/mol. The van der Waals surface area contributed by atoms with Crippen LogP contribution < -0.4 is 9.64 Å². The Balaban J connectivity index is 1.75. The Labute approximate surface area is 167 Å². The Kier molecular flexibility index (Phi) is 6.18. The lowest BCUT2D eigenvalue weighted by atomic mass is 10.1. The maximum atomic E-state index is 14.0. The van der Waals surface area contributed by atoms with E-state index in [4.69, 9.17) is 9.15 Å². The van der Waals surface area contributed by atoms with Crippen LogP contribution in [0.4, 0.5) is 10.1 Å². The summed E-state index contributed by atoms with van der Waals surface area (Å²) in [5.41, 5.74) is 1.44. The van der Waals surface area contributed by atoms with Crippen molar-refractivity contribution in [1.29, 1.82) is 0 Å². The Bertz CT molecular complexity index is 990. The minimum absolute atomic E-state index is 0.00446. The number of quaternary nitrogens is 1. The number of nitrogens with one attached hydrogen (secondary N) is 1. The molecule has 0 amide bonds. The average Bonchev–Trinajstić information content (AvgIpc) is 3.22. The van der Waals surface area contributed by atoms with Crippen molar-refractivity contribution in [3.05, 3.63) is 69.9 Å². The largest absolute Gasteiger partial charge is 0.494 e. The molecule has 0 aliphatic carbocycles. The standard InChI is InChI=1S/C20H21FN4O4/c1-4-24(12-14-5-10-18(28-3)17(21)11-14)13(2)19-22-23-20(29-19)15-6-8-16(9-7-15)25(26)27/h5-11,13H,4,12H2,1-3H3/p+1/t13-/m0/s1. The smallest absolute Gasteiger partial charge is 0.274 e. The Morgan fingerprint density at radius 3 is 2.55 bits per heavy atom. The quantitative estimate of drug-likeness (QED) is 0.461. The van der Waals surface area contributed by atoms with E-state index in [-0.39, 0.29) is 17.5 Å². The molecule has 0 fully saturated rings. The molecule has 2 aromatic carbocycles. The van der Waals surface area contributed by atoms with Crippen molar-refractivity contribution in [3.8, 4) is 17.2 Å². The fourth-order valence-corrected chi connectivity index (χ4v) is 3.09. The molecule has 152 valence electrons. The molecule has 0 saturated carbocycles. The zero-order valence-corrected chi connectivity index (χ0v) is 16.4. The molecule has 0 saturated heterocycles. The second kappa shape index (κ2) is 8.78. The molecule has 8 nitrogen and oxygen atoms in total. The second-order valence-corrected chi connectivity index (χ2v) is 6.63. The molecular formula is C20H22FN4O4+. The SMILES string of the molecule is CC[NH+](Cc1ccc(OC)c(F)c1)[C@@H](C)c1nnc(-c2ccc([N+](=O)[O-])cc2)o1. The number of halogens is 1. The van der Waals surface area contributed by atoms with Crippen LogP contribution in [0, 0.1) is 15.9 Å². The topological polar surface area (TPSA) is 95.7 Å². The van der Waals surface area contributed by atoms with E-state index in [9.17, 15) is 14.5 Å². The third-order valence-corrected chi connectivity index (χ3v) is 4.85. The first-order valence-corrected chi connectivity index (χ1v) is 9.18.